The molecule has 4 N–H and O–H groups in total. The Labute approximate surface area is 208 Å². The van der Waals surface area contributed by atoms with Crippen molar-refractivity contribution in [3.05, 3.63) is 28.8 Å². The van der Waals surface area contributed by atoms with Crippen LogP contribution in [0.4, 0.5) is 5.69 Å². The van der Waals surface area contributed by atoms with Crippen molar-refractivity contribution in [2.75, 3.05) is 66.7 Å². The number of ether oxygens (including phenoxy) is 3. The number of rotatable bonds is 9. The van der Waals surface area contributed by atoms with E-state index < -0.39 is 10.9 Å². The van der Waals surface area contributed by atoms with Gasteiger partial charge in [-0.1, -0.05) is 11.8 Å². The van der Waals surface area contributed by atoms with Gasteiger partial charge in [-0.15, -0.1) is 0 Å². The smallest absolute Gasteiger partial charge is 0.265 e. The van der Waals surface area contributed by atoms with Gasteiger partial charge in [-0.05, 0) is 25.6 Å². The van der Waals surface area contributed by atoms with Gasteiger partial charge in [0.05, 0.1) is 33.5 Å². The zero-order chi connectivity index (χ0) is 24.4. The average molecular weight is 502 g/mol. The summed E-state index contributed by atoms with van der Waals surface area (Å²) in [6.07, 6.45) is 0.903. The highest BCUT2D eigenvalue weighted by molar-refractivity contribution is 8.04. The first-order valence-corrected chi connectivity index (χ1v) is 12.6. The predicted octanol–water partition coefficient (Wildman–Crippen LogP) is 0.438. The lowest BCUT2D eigenvalue weighted by molar-refractivity contribution is -0.114. The lowest BCUT2D eigenvalue weighted by atomic mass is 10.1. The summed E-state index contributed by atoms with van der Waals surface area (Å²) in [6.45, 7) is 6.38. The van der Waals surface area contributed by atoms with Crippen molar-refractivity contribution in [1.82, 2.24) is 20.4 Å². The van der Waals surface area contributed by atoms with Gasteiger partial charge in [0.25, 0.3) is 5.91 Å². The second-order valence-corrected chi connectivity index (χ2v) is 9.60. The summed E-state index contributed by atoms with van der Waals surface area (Å²) in [5.41, 5.74) is 7.41. The molecule has 1 unspecified atom stereocenters. The third-order valence-electron chi connectivity index (χ3n) is 6.43. The molecular weight excluding hydrogens is 470 g/mol. The van der Waals surface area contributed by atoms with Gasteiger partial charge in [-0.25, -0.2) is 4.99 Å². The van der Waals surface area contributed by atoms with E-state index in [4.69, 9.17) is 29.9 Å². The first-order chi connectivity index (χ1) is 17.1. The van der Waals surface area contributed by atoms with E-state index in [1.54, 1.807) is 12.5 Å². The normalized spacial score (nSPS) is 23.6. The number of nitrogens with two attached hydrogens (primary N) is 1. The molecule has 1 saturated heterocycles. The minimum absolute atomic E-state index is 0.333. The number of nitrogens with one attached hydrogen (secondary N) is 2. The van der Waals surface area contributed by atoms with Crippen molar-refractivity contribution in [2.45, 2.75) is 11.4 Å². The molecule has 0 spiro atoms. The zero-order valence-corrected chi connectivity index (χ0v) is 20.8. The van der Waals surface area contributed by atoms with Gasteiger partial charge in [0.2, 0.25) is 4.99 Å². The summed E-state index contributed by atoms with van der Waals surface area (Å²) < 4.78 is 17.4. The van der Waals surface area contributed by atoms with Crippen LogP contribution in [-0.4, -0.2) is 99.1 Å². The first-order valence-electron chi connectivity index (χ1n) is 11.8. The number of hydrogen-bond donors (Lipinski definition) is 3. The number of carbonyl (C=O) groups excluding carboxylic acids is 1. The molecule has 1 amide bonds. The van der Waals surface area contributed by atoms with Crippen LogP contribution in [0.25, 0.3) is 0 Å². The van der Waals surface area contributed by atoms with Crippen LogP contribution >= 0.6 is 11.8 Å². The van der Waals surface area contributed by atoms with Crippen molar-refractivity contribution in [3.8, 4) is 11.5 Å². The van der Waals surface area contributed by atoms with E-state index >= 15 is 0 Å². The highest BCUT2D eigenvalue weighted by Crippen LogP contribution is 2.45. The fraction of sp³-hybridized carbons (Fsp3) is 0.522. The van der Waals surface area contributed by atoms with Gasteiger partial charge < -0.3 is 30.2 Å². The number of fused-ring (bicyclic) bond motifs is 3. The number of methoxy groups -OCH3 is 1. The second kappa shape index (κ2) is 10.1. The number of amidine groups is 2. The summed E-state index contributed by atoms with van der Waals surface area (Å²) in [6, 6.07) is 3.91. The van der Waals surface area contributed by atoms with Gasteiger partial charge in [0.15, 0.2) is 17.3 Å². The van der Waals surface area contributed by atoms with Gasteiger partial charge in [-0.3, -0.25) is 20.0 Å². The number of thioether (sulfide) groups is 1. The standard InChI is InChI=1S/C23H31N7O4S/c1-25-23(28-16(14-35-23)20(24)31)22-27-18-15(21-26-6-8-30(21)22)4-5-17(19(18)32-2)34-11-3-7-29-9-12-33-13-10-29/h4-5,14,25,28H,3,6-13H2,1-2H3,(H2,24,31). The van der Waals surface area contributed by atoms with E-state index in [2.05, 4.69) is 20.4 Å². The van der Waals surface area contributed by atoms with Crippen LogP contribution in [0, 0.1) is 0 Å². The third kappa shape index (κ3) is 4.46. The SMILES string of the molecule is CNC1(C2=Nc3c(ccc(OCCCN4CCOCC4)c3OC)C3=NCCN32)NC(C(N)=O)=CS1. The molecule has 1 aromatic carbocycles. The fourth-order valence-electron chi connectivity index (χ4n) is 4.63. The van der Waals surface area contributed by atoms with Crippen LogP contribution in [0.15, 0.2) is 33.2 Å². The van der Waals surface area contributed by atoms with Gasteiger partial charge in [0.1, 0.15) is 17.2 Å². The van der Waals surface area contributed by atoms with Crippen LogP contribution in [0.3, 0.4) is 0 Å². The Morgan fingerprint density at radius 2 is 2.17 bits per heavy atom. The summed E-state index contributed by atoms with van der Waals surface area (Å²) >= 11 is 1.41. The molecule has 188 valence electrons. The molecular formula is C23H31N7O4S. The number of carbonyl (C=O) groups is 1. The molecule has 35 heavy (non-hydrogen) atoms. The Morgan fingerprint density at radius 1 is 1.34 bits per heavy atom. The summed E-state index contributed by atoms with van der Waals surface area (Å²) in [5, 5.41) is 8.21. The minimum atomic E-state index is -0.868. The Kier molecular flexibility index (Phi) is 6.87. The molecule has 0 radical (unpaired) electrons. The predicted molar refractivity (Wildman–Crippen MR) is 135 cm³/mol. The van der Waals surface area contributed by atoms with E-state index in [-0.39, 0.29) is 0 Å². The van der Waals surface area contributed by atoms with E-state index in [0.29, 0.717) is 48.4 Å². The van der Waals surface area contributed by atoms with E-state index in [9.17, 15) is 4.79 Å². The molecule has 4 aliphatic heterocycles. The number of amides is 1. The number of aliphatic imine (C=N–C) groups is 2. The largest absolute Gasteiger partial charge is 0.491 e. The molecule has 0 aliphatic carbocycles. The molecule has 1 fully saturated rings. The molecule has 0 aromatic heterocycles. The van der Waals surface area contributed by atoms with Crippen LogP contribution in [-0.2, 0) is 9.53 Å². The van der Waals surface area contributed by atoms with Crippen LogP contribution in [0.1, 0.15) is 12.0 Å². The number of likely N-dealkylation sites (N-methyl/N-ethyl adjacent to an activating group) is 1. The number of morpholine rings is 1. The fourth-order valence-corrected chi connectivity index (χ4v) is 5.64. The molecule has 5 rings (SSSR count). The Hall–Kier alpha value is -2.80. The maximum absolute atomic E-state index is 11.8. The highest BCUT2D eigenvalue weighted by atomic mass is 32.2. The summed E-state index contributed by atoms with van der Waals surface area (Å²) in [5.74, 6) is 2.20. The van der Waals surface area contributed by atoms with Crippen molar-refractivity contribution in [1.29, 1.82) is 0 Å². The lowest BCUT2D eigenvalue weighted by Crippen LogP contribution is -2.63. The Balaban J connectivity index is 1.41. The van der Waals surface area contributed by atoms with E-state index in [1.807, 2.05) is 19.2 Å². The van der Waals surface area contributed by atoms with Crippen molar-refractivity contribution in [2.24, 2.45) is 15.7 Å². The van der Waals surface area contributed by atoms with Crippen molar-refractivity contribution >= 4 is 35.0 Å². The van der Waals surface area contributed by atoms with Gasteiger partial charge in [0, 0.05) is 37.2 Å². The molecule has 1 aromatic rings. The average Bonchev–Trinajstić information content (AvgIpc) is 3.55. The summed E-state index contributed by atoms with van der Waals surface area (Å²) in [4.78, 5) is 25.2. The third-order valence-corrected chi connectivity index (χ3v) is 7.63. The Morgan fingerprint density at radius 3 is 2.89 bits per heavy atom. The van der Waals surface area contributed by atoms with Crippen molar-refractivity contribution < 1.29 is 19.0 Å². The van der Waals surface area contributed by atoms with Crippen LogP contribution in [0.5, 0.6) is 11.5 Å². The molecule has 4 aliphatic rings. The monoisotopic (exact) mass is 501 g/mol. The quantitative estimate of drug-likeness (QED) is 0.413. The highest BCUT2D eigenvalue weighted by Gasteiger charge is 2.47. The van der Waals surface area contributed by atoms with Gasteiger partial charge >= 0.3 is 0 Å². The number of hydrogen-bond acceptors (Lipinski definition) is 11. The van der Waals surface area contributed by atoms with Crippen LogP contribution < -0.4 is 25.8 Å². The topological polar surface area (TPSA) is 126 Å². The first kappa shape index (κ1) is 23.9. The number of primary amides is 1. The maximum Gasteiger partial charge on any atom is 0.265 e. The number of nitrogens with zero attached hydrogens (tertiary/aromatic N) is 4. The maximum atomic E-state index is 11.8. The Bertz CT molecular complexity index is 1090. The molecule has 1 atom stereocenters. The molecule has 11 nitrogen and oxygen atoms in total. The lowest BCUT2D eigenvalue weighted by Gasteiger charge is -2.38. The van der Waals surface area contributed by atoms with Crippen molar-refractivity contribution in [3.63, 3.8) is 0 Å². The number of benzene rings is 1. The molecule has 0 saturated carbocycles. The second-order valence-electron chi connectivity index (χ2n) is 8.51. The summed E-state index contributed by atoms with van der Waals surface area (Å²) in [7, 11) is 3.44. The molecule has 12 heteroatoms. The van der Waals surface area contributed by atoms with Gasteiger partial charge in [-0.2, -0.15) is 0 Å². The van der Waals surface area contributed by atoms with Crippen LogP contribution in [0.2, 0.25) is 0 Å². The van der Waals surface area contributed by atoms with E-state index in [0.717, 1.165) is 50.7 Å². The molecule has 4 heterocycles. The zero-order valence-electron chi connectivity index (χ0n) is 20.0. The minimum Gasteiger partial charge on any atom is -0.491 e. The molecule has 0 bridgehead atoms. The van der Waals surface area contributed by atoms with E-state index in [1.165, 1.54) is 11.8 Å².